The van der Waals surface area contributed by atoms with Gasteiger partial charge in [0.05, 0.1) is 20.1 Å². The summed E-state index contributed by atoms with van der Waals surface area (Å²) in [6.45, 7) is 2.23. The maximum atomic E-state index is 12.1. The average Bonchev–Trinajstić information content (AvgIpc) is 2.52. The van der Waals surface area contributed by atoms with E-state index < -0.39 is 0 Å². The highest BCUT2D eigenvalue weighted by molar-refractivity contribution is 5.79. The lowest BCUT2D eigenvalue weighted by molar-refractivity contribution is -0.125. The molecule has 110 valence electrons. The number of ether oxygens (including phenoxy) is 2. The highest BCUT2D eigenvalue weighted by atomic mass is 16.5. The summed E-state index contributed by atoms with van der Waals surface area (Å²) in [5.74, 6) is 1.53. The zero-order valence-corrected chi connectivity index (χ0v) is 12.1. The number of rotatable bonds is 5. The van der Waals surface area contributed by atoms with E-state index in [1.54, 1.807) is 14.2 Å². The Morgan fingerprint density at radius 2 is 2.25 bits per heavy atom. The highest BCUT2D eigenvalue weighted by Crippen LogP contribution is 2.30. The van der Waals surface area contributed by atoms with Crippen LogP contribution in [0.3, 0.4) is 0 Å². The Hall–Kier alpha value is -1.75. The van der Waals surface area contributed by atoms with Crippen molar-refractivity contribution in [3.05, 3.63) is 23.8 Å². The Balaban J connectivity index is 1.98. The molecule has 5 heteroatoms. The molecular formula is C15H22N2O3. The smallest absolute Gasteiger partial charge is 0.224 e. The SMILES string of the molecule is COc1cccc(CNC(=O)C2CCCNC2)c1OC. The topological polar surface area (TPSA) is 59.6 Å². The standard InChI is InChI=1S/C15H22N2O3/c1-19-13-7-3-5-11(14(13)20-2)10-17-15(18)12-6-4-8-16-9-12/h3,5,7,12,16H,4,6,8-10H2,1-2H3,(H,17,18). The third kappa shape index (κ3) is 3.42. The van der Waals surface area contributed by atoms with Gasteiger partial charge in [-0.05, 0) is 25.5 Å². The Morgan fingerprint density at radius 1 is 1.40 bits per heavy atom. The first-order valence-corrected chi connectivity index (χ1v) is 6.94. The zero-order valence-electron chi connectivity index (χ0n) is 12.1. The predicted octanol–water partition coefficient (Wildman–Crippen LogP) is 1.32. The van der Waals surface area contributed by atoms with Crippen molar-refractivity contribution in [2.24, 2.45) is 5.92 Å². The molecule has 0 spiro atoms. The van der Waals surface area contributed by atoms with E-state index in [1.165, 1.54) is 0 Å². The van der Waals surface area contributed by atoms with Crippen molar-refractivity contribution in [3.8, 4) is 11.5 Å². The fraction of sp³-hybridized carbons (Fsp3) is 0.533. The van der Waals surface area contributed by atoms with Crippen molar-refractivity contribution in [2.45, 2.75) is 19.4 Å². The van der Waals surface area contributed by atoms with Gasteiger partial charge in [-0.1, -0.05) is 12.1 Å². The molecule has 0 aromatic heterocycles. The third-order valence-corrected chi connectivity index (χ3v) is 3.61. The van der Waals surface area contributed by atoms with Gasteiger partial charge in [0.1, 0.15) is 0 Å². The van der Waals surface area contributed by atoms with Gasteiger partial charge in [-0.2, -0.15) is 0 Å². The first kappa shape index (κ1) is 14.7. The number of benzene rings is 1. The summed E-state index contributed by atoms with van der Waals surface area (Å²) in [5, 5.41) is 6.23. The van der Waals surface area contributed by atoms with Crippen LogP contribution in [0.4, 0.5) is 0 Å². The molecule has 5 nitrogen and oxygen atoms in total. The van der Waals surface area contributed by atoms with Gasteiger partial charge in [-0.15, -0.1) is 0 Å². The summed E-state index contributed by atoms with van der Waals surface area (Å²) < 4.78 is 10.6. The summed E-state index contributed by atoms with van der Waals surface area (Å²) in [6.07, 6.45) is 2.01. The van der Waals surface area contributed by atoms with Crippen molar-refractivity contribution in [1.29, 1.82) is 0 Å². The quantitative estimate of drug-likeness (QED) is 0.853. The number of carbonyl (C=O) groups is 1. The van der Waals surface area contributed by atoms with Crippen LogP contribution in [0.5, 0.6) is 11.5 Å². The van der Waals surface area contributed by atoms with E-state index in [0.717, 1.165) is 31.5 Å². The number of amides is 1. The minimum atomic E-state index is 0.0698. The largest absolute Gasteiger partial charge is 0.493 e. The van der Waals surface area contributed by atoms with Gasteiger partial charge in [-0.3, -0.25) is 4.79 Å². The number of piperidine rings is 1. The molecule has 1 atom stereocenters. The molecule has 0 saturated carbocycles. The van der Waals surface area contributed by atoms with Gasteiger partial charge in [0, 0.05) is 18.7 Å². The summed E-state index contributed by atoms with van der Waals surface area (Å²) >= 11 is 0. The Morgan fingerprint density at radius 3 is 2.90 bits per heavy atom. The second-order valence-electron chi connectivity index (χ2n) is 4.91. The molecule has 1 amide bonds. The average molecular weight is 278 g/mol. The molecule has 1 aliphatic rings. The van der Waals surface area contributed by atoms with E-state index in [-0.39, 0.29) is 11.8 Å². The fourth-order valence-electron chi connectivity index (χ4n) is 2.50. The molecule has 1 heterocycles. The van der Waals surface area contributed by atoms with Gasteiger partial charge in [0.2, 0.25) is 5.91 Å². The Labute approximate surface area is 119 Å². The van der Waals surface area contributed by atoms with Crippen LogP contribution in [0.2, 0.25) is 0 Å². The molecule has 1 fully saturated rings. The minimum absolute atomic E-state index is 0.0698. The number of para-hydroxylation sites is 1. The molecule has 0 aliphatic carbocycles. The number of carbonyl (C=O) groups excluding carboxylic acids is 1. The number of hydrogen-bond acceptors (Lipinski definition) is 4. The highest BCUT2D eigenvalue weighted by Gasteiger charge is 2.21. The van der Waals surface area contributed by atoms with Crippen molar-refractivity contribution in [1.82, 2.24) is 10.6 Å². The van der Waals surface area contributed by atoms with Crippen LogP contribution in [-0.4, -0.2) is 33.2 Å². The van der Waals surface area contributed by atoms with E-state index in [9.17, 15) is 4.79 Å². The molecule has 1 saturated heterocycles. The van der Waals surface area contributed by atoms with Crippen LogP contribution >= 0.6 is 0 Å². The zero-order chi connectivity index (χ0) is 14.4. The third-order valence-electron chi connectivity index (χ3n) is 3.61. The van der Waals surface area contributed by atoms with Crippen LogP contribution in [-0.2, 0) is 11.3 Å². The van der Waals surface area contributed by atoms with Crippen molar-refractivity contribution >= 4 is 5.91 Å². The molecule has 2 rings (SSSR count). The molecule has 1 aliphatic heterocycles. The molecule has 0 bridgehead atoms. The molecule has 20 heavy (non-hydrogen) atoms. The lowest BCUT2D eigenvalue weighted by Gasteiger charge is -2.22. The summed E-state index contributed by atoms with van der Waals surface area (Å²) in [6, 6.07) is 5.67. The fourth-order valence-corrected chi connectivity index (χ4v) is 2.50. The number of hydrogen-bond donors (Lipinski definition) is 2. The second-order valence-corrected chi connectivity index (χ2v) is 4.91. The van der Waals surface area contributed by atoms with Crippen molar-refractivity contribution in [2.75, 3.05) is 27.3 Å². The van der Waals surface area contributed by atoms with E-state index in [2.05, 4.69) is 10.6 Å². The summed E-state index contributed by atoms with van der Waals surface area (Å²) in [5.41, 5.74) is 0.920. The minimum Gasteiger partial charge on any atom is -0.493 e. The van der Waals surface area contributed by atoms with E-state index in [4.69, 9.17) is 9.47 Å². The van der Waals surface area contributed by atoms with Crippen LogP contribution in [0.25, 0.3) is 0 Å². The monoisotopic (exact) mass is 278 g/mol. The molecule has 0 radical (unpaired) electrons. The molecule has 1 aromatic carbocycles. The Kier molecular flexibility index (Phi) is 5.24. The maximum absolute atomic E-state index is 12.1. The predicted molar refractivity (Wildman–Crippen MR) is 77.0 cm³/mol. The first-order chi connectivity index (χ1) is 9.76. The number of nitrogens with one attached hydrogen (secondary N) is 2. The summed E-state index contributed by atoms with van der Waals surface area (Å²) in [4.78, 5) is 12.1. The van der Waals surface area contributed by atoms with Gasteiger partial charge in [0.25, 0.3) is 0 Å². The van der Waals surface area contributed by atoms with E-state index in [0.29, 0.717) is 18.0 Å². The molecule has 1 aromatic rings. The van der Waals surface area contributed by atoms with Crippen molar-refractivity contribution in [3.63, 3.8) is 0 Å². The van der Waals surface area contributed by atoms with Gasteiger partial charge in [0.15, 0.2) is 11.5 Å². The molecular weight excluding hydrogens is 256 g/mol. The lowest BCUT2D eigenvalue weighted by atomic mass is 9.99. The first-order valence-electron chi connectivity index (χ1n) is 6.94. The summed E-state index contributed by atoms with van der Waals surface area (Å²) in [7, 11) is 3.21. The van der Waals surface area contributed by atoms with E-state index in [1.807, 2.05) is 18.2 Å². The van der Waals surface area contributed by atoms with Crippen LogP contribution in [0.1, 0.15) is 18.4 Å². The second kappa shape index (κ2) is 7.14. The Bertz CT molecular complexity index is 456. The van der Waals surface area contributed by atoms with Gasteiger partial charge in [-0.25, -0.2) is 0 Å². The lowest BCUT2D eigenvalue weighted by Crippen LogP contribution is -2.40. The van der Waals surface area contributed by atoms with Crippen LogP contribution in [0.15, 0.2) is 18.2 Å². The van der Waals surface area contributed by atoms with Gasteiger partial charge < -0.3 is 20.1 Å². The molecule has 2 N–H and O–H groups in total. The van der Waals surface area contributed by atoms with Gasteiger partial charge >= 0.3 is 0 Å². The molecule has 1 unspecified atom stereocenters. The van der Waals surface area contributed by atoms with Crippen molar-refractivity contribution < 1.29 is 14.3 Å². The maximum Gasteiger partial charge on any atom is 0.224 e. The van der Waals surface area contributed by atoms with Crippen LogP contribution < -0.4 is 20.1 Å². The normalized spacial score (nSPS) is 18.4. The van der Waals surface area contributed by atoms with E-state index >= 15 is 0 Å². The van der Waals surface area contributed by atoms with Crippen LogP contribution in [0, 0.1) is 5.92 Å². The number of methoxy groups -OCH3 is 2.